The van der Waals surface area contributed by atoms with E-state index in [2.05, 4.69) is 5.32 Å². The summed E-state index contributed by atoms with van der Waals surface area (Å²) in [7, 11) is -2.11. The Bertz CT molecular complexity index is 1350. The summed E-state index contributed by atoms with van der Waals surface area (Å²) >= 11 is 0. The van der Waals surface area contributed by atoms with E-state index in [1.807, 2.05) is 72.8 Å². The number of hydrogen-bond acceptors (Lipinski definition) is 4. The summed E-state index contributed by atoms with van der Waals surface area (Å²) in [6, 6.07) is 29.0. The van der Waals surface area contributed by atoms with Crippen LogP contribution in [-0.4, -0.2) is 32.3 Å². The van der Waals surface area contributed by atoms with Crippen molar-refractivity contribution >= 4 is 32.4 Å². The van der Waals surface area contributed by atoms with E-state index < -0.39 is 10.0 Å². The number of nitrogens with one attached hydrogen (secondary N) is 1. The van der Waals surface area contributed by atoms with E-state index in [4.69, 9.17) is 4.74 Å². The molecule has 0 saturated carbocycles. The minimum atomic E-state index is -3.65. The number of carbonyl (C=O) groups is 1. The number of fused-ring (bicyclic) bond motifs is 1. The van der Waals surface area contributed by atoms with Crippen molar-refractivity contribution in [3.05, 3.63) is 103 Å². The molecule has 0 aromatic heterocycles. The molecule has 0 aliphatic rings. The Kier molecular flexibility index (Phi) is 6.72. The Balaban J connectivity index is 1.37. The molecule has 7 heteroatoms. The lowest BCUT2D eigenvalue weighted by Gasteiger charge is -2.17. The lowest BCUT2D eigenvalue weighted by Crippen LogP contribution is -2.26. The number of sulfonamides is 1. The first-order chi connectivity index (χ1) is 15.9. The number of amides is 1. The second-order valence-corrected chi connectivity index (χ2v) is 9.63. The Morgan fingerprint density at radius 2 is 1.52 bits per heavy atom. The summed E-state index contributed by atoms with van der Waals surface area (Å²) in [5.41, 5.74) is 1.39. The van der Waals surface area contributed by atoms with Gasteiger partial charge in [0.25, 0.3) is 5.91 Å². The molecule has 4 aromatic carbocycles. The highest BCUT2D eigenvalue weighted by Crippen LogP contribution is 2.25. The number of nitrogens with zero attached hydrogens (tertiary/aromatic N) is 1. The van der Waals surface area contributed by atoms with E-state index in [0.717, 1.165) is 16.3 Å². The van der Waals surface area contributed by atoms with Crippen LogP contribution < -0.4 is 10.1 Å². The highest BCUT2D eigenvalue weighted by atomic mass is 32.2. The first kappa shape index (κ1) is 22.5. The minimum Gasteiger partial charge on any atom is -0.483 e. The first-order valence-corrected chi connectivity index (χ1v) is 11.9. The lowest BCUT2D eigenvalue weighted by molar-refractivity contribution is -0.118. The van der Waals surface area contributed by atoms with Crippen LogP contribution in [0.5, 0.6) is 5.75 Å². The predicted octanol–water partition coefficient (Wildman–Crippen LogP) is 4.68. The van der Waals surface area contributed by atoms with Crippen LogP contribution in [0.4, 0.5) is 5.69 Å². The number of ether oxygens (including phenoxy) is 1. The summed E-state index contributed by atoms with van der Waals surface area (Å²) < 4.78 is 32.7. The van der Waals surface area contributed by atoms with Crippen molar-refractivity contribution in [1.82, 2.24) is 4.31 Å². The van der Waals surface area contributed by atoms with Crippen LogP contribution in [0.25, 0.3) is 10.8 Å². The molecular weight excluding hydrogens is 436 g/mol. The summed E-state index contributed by atoms with van der Waals surface area (Å²) in [6.45, 7) is 0.112. The number of rotatable bonds is 8. The van der Waals surface area contributed by atoms with E-state index in [0.29, 0.717) is 11.4 Å². The Hall–Kier alpha value is -3.68. The van der Waals surface area contributed by atoms with Crippen molar-refractivity contribution in [3.63, 3.8) is 0 Å². The fourth-order valence-electron chi connectivity index (χ4n) is 3.48. The van der Waals surface area contributed by atoms with Crippen LogP contribution in [0, 0.1) is 0 Å². The van der Waals surface area contributed by atoms with Gasteiger partial charge in [0.1, 0.15) is 5.75 Å². The van der Waals surface area contributed by atoms with Crippen molar-refractivity contribution in [2.45, 2.75) is 11.4 Å². The normalized spacial score (nSPS) is 11.5. The standard InChI is InChI=1S/C26H24N2O4S/c1-28(18-20-8-3-2-4-9-20)33(30,31)23-16-14-22(15-17-23)27-26(29)19-32-25-13-7-11-21-10-5-6-12-24(21)25/h2-17H,18-19H2,1H3,(H,27,29). The van der Waals surface area contributed by atoms with E-state index in [-0.39, 0.29) is 24.0 Å². The van der Waals surface area contributed by atoms with E-state index >= 15 is 0 Å². The monoisotopic (exact) mass is 460 g/mol. The van der Waals surface area contributed by atoms with Crippen molar-refractivity contribution in [1.29, 1.82) is 0 Å². The van der Waals surface area contributed by atoms with Gasteiger partial charge in [0.15, 0.2) is 6.61 Å². The highest BCUT2D eigenvalue weighted by molar-refractivity contribution is 7.89. The van der Waals surface area contributed by atoms with Crippen LogP contribution in [0.15, 0.2) is 102 Å². The molecule has 0 radical (unpaired) electrons. The van der Waals surface area contributed by atoms with Gasteiger partial charge in [-0.25, -0.2) is 8.42 Å². The average Bonchev–Trinajstić information content (AvgIpc) is 2.83. The fourth-order valence-corrected chi connectivity index (χ4v) is 4.64. The molecule has 168 valence electrons. The third kappa shape index (κ3) is 5.39. The average molecular weight is 461 g/mol. The van der Waals surface area contributed by atoms with Gasteiger partial charge in [0.05, 0.1) is 4.90 Å². The molecule has 6 nitrogen and oxygen atoms in total. The molecule has 0 heterocycles. The summed E-state index contributed by atoms with van der Waals surface area (Å²) in [6.07, 6.45) is 0. The van der Waals surface area contributed by atoms with Crippen LogP contribution in [-0.2, 0) is 21.4 Å². The largest absolute Gasteiger partial charge is 0.483 e. The molecule has 0 fully saturated rings. The van der Waals surface area contributed by atoms with Gasteiger partial charge in [0.2, 0.25) is 10.0 Å². The zero-order valence-corrected chi connectivity index (χ0v) is 19.0. The zero-order chi connectivity index (χ0) is 23.3. The highest BCUT2D eigenvalue weighted by Gasteiger charge is 2.21. The lowest BCUT2D eigenvalue weighted by atomic mass is 10.1. The second-order valence-electron chi connectivity index (χ2n) is 7.59. The smallest absolute Gasteiger partial charge is 0.262 e. The molecule has 0 bridgehead atoms. The van der Waals surface area contributed by atoms with Crippen molar-refractivity contribution in [3.8, 4) is 5.75 Å². The molecule has 0 spiro atoms. The molecule has 0 unspecified atom stereocenters. The van der Waals surface area contributed by atoms with Gasteiger partial charge < -0.3 is 10.1 Å². The Labute approximate surface area is 193 Å². The molecule has 4 rings (SSSR count). The summed E-state index contributed by atoms with van der Waals surface area (Å²) in [5, 5.41) is 4.70. The third-order valence-corrected chi connectivity index (χ3v) is 7.02. The van der Waals surface area contributed by atoms with Gasteiger partial charge in [-0.15, -0.1) is 0 Å². The van der Waals surface area contributed by atoms with Gasteiger partial charge in [-0.05, 0) is 41.3 Å². The van der Waals surface area contributed by atoms with Crippen molar-refractivity contribution in [2.75, 3.05) is 19.0 Å². The summed E-state index contributed by atoms with van der Waals surface area (Å²) in [5.74, 6) is 0.297. The van der Waals surface area contributed by atoms with Crippen LogP contribution in [0.2, 0.25) is 0 Å². The molecule has 0 aliphatic heterocycles. The molecule has 4 aromatic rings. The Morgan fingerprint density at radius 1 is 0.848 bits per heavy atom. The molecular formula is C26H24N2O4S. The number of carbonyl (C=O) groups excluding carboxylic acids is 1. The maximum Gasteiger partial charge on any atom is 0.262 e. The van der Waals surface area contributed by atoms with Gasteiger partial charge in [-0.1, -0.05) is 66.7 Å². The Morgan fingerprint density at radius 3 is 2.27 bits per heavy atom. The van der Waals surface area contributed by atoms with Gasteiger partial charge in [0, 0.05) is 24.7 Å². The molecule has 1 amide bonds. The maximum atomic E-state index is 12.9. The number of anilines is 1. The van der Waals surface area contributed by atoms with Crippen molar-refractivity contribution in [2.24, 2.45) is 0 Å². The second kappa shape index (κ2) is 9.85. The topological polar surface area (TPSA) is 75.7 Å². The van der Waals surface area contributed by atoms with Crippen molar-refractivity contribution < 1.29 is 17.9 Å². The number of hydrogen-bond donors (Lipinski definition) is 1. The maximum absolute atomic E-state index is 12.9. The van der Waals surface area contributed by atoms with Gasteiger partial charge in [-0.3, -0.25) is 4.79 Å². The van der Waals surface area contributed by atoms with E-state index in [1.54, 1.807) is 19.2 Å². The molecule has 0 atom stereocenters. The summed E-state index contributed by atoms with van der Waals surface area (Å²) in [4.78, 5) is 12.5. The van der Waals surface area contributed by atoms with E-state index in [9.17, 15) is 13.2 Å². The SMILES string of the molecule is CN(Cc1ccccc1)S(=O)(=O)c1ccc(NC(=O)COc2cccc3ccccc23)cc1. The predicted molar refractivity (Wildman–Crippen MR) is 130 cm³/mol. The van der Waals surface area contributed by atoms with E-state index in [1.165, 1.54) is 16.4 Å². The van der Waals surface area contributed by atoms with Crippen LogP contribution in [0.3, 0.4) is 0 Å². The molecule has 0 saturated heterocycles. The zero-order valence-electron chi connectivity index (χ0n) is 18.1. The molecule has 1 N–H and O–H groups in total. The first-order valence-electron chi connectivity index (χ1n) is 10.4. The van der Waals surface area contributed by atoms with Gasteiger partial charge >= 0.3 is 0 Å². The quantitative estimate of drug-likeness (QED) is 0.414. The third-order valence-electron chi connectivity index (χ3n) is 5.20. The van der Waals surface area contributed by atoms with Crippen LogP contribution in [0.1, 0.15) is 5.56 Å². The van der Waals surface area contributed by atoms with Crippen LogP contribution >= 0.6 is 0 Å². The number of benzene rings is 4. The fraction of sp³-hybridized carbons (Fsp3) is 0.115. The minimum absolute atomic E-state index is 0.158. The van der Waals surface area contributed by atoms with Gasteiger partial charge in [-0.2, -0.15) is 4.31 Å². The molecule has 33 heavy (non-hydrogen) atoms. The molecule has 0 aliphatic carbocycles.